The van der Waals surface area contributed by atoms with Crippen molar-refractivity contribution in [2.75, 3.05) is 44.6 Å². The molecule has 0 radical (unpaired) electrons. The lowest BCUT2D eigenvalue weighted by Gasteiger charge is -2.34. The number of piperazine rings is 1. The van der Waals surface area contributed by atoms with Crippen LogP contribution in [-0.4, -0.2) is 66.8 Å². The van der Waals surface area contributed by atoms with Gasteiger partial charge in [-0.3, -0.25) is 19.3 Å². The van der Waals surface area contributed by atoms with Crippen molar-refractivity contribution in [3.63, 3.8) is 0 Å². The fraction of sp³-hybridized carbons (Fsp3) is 0.571. The lowest BCUT2D eigenvalue weighted by atomic mass is 10.1. The number of nitrogens with zero attached hydrogens (tertiary/aromatic N) is 2. The molecule has 2 fully saturated rings. The third-order valence-corrected chi connectivity index (χ3v) is 5.62. The maximum Gasteiger partial charge on any atom is 0.242 e. The third-order valence-electron chi connectivity index (χ3n) is 5.62. The van der Waals surface area contributed by atoms with Gasteiger partial charge in [0.15, 0.2) is 0 Å². The van der Waals surface area contributed by atoms with E-state index in [-0.39, 0.29) is 30.2 Å². The van der Waals surface area contributed by atoms with Crippen LogP contribution < -0.4 is 10.6 Å². The largest absolute Gasteiger partial charge is 0.347 e. The van der Waals surface area contributed by atoms with Gasteiger partial charge in [0.05, 0.1) is 13.1 Å². The molecule has 7 heteroatoms. The first kappa shape index (κ1) is 20.3. The maximum absolute atomic E-state index is 12.4. The minimum absolute atomic E-state index is 0.0106. The first-order valence-corrected chi connectivity index (χ1v) is 10.1. The predicted octanol–water partition coefficient (Wildman–Crippen LogP) is 1.10. The molecule has 2 atom stereocenters. The molecular weight excluding hydrogens is 356 g/mol. The molecular formula is C21H30N4O3. The zero-order valence-corrected chi connectivity index (χ0v) is 16.7. The van der Waals surface area contributed by atoms with Crippen LogP contribution in [0.15, 0.2) is 24.3 Å². The van der Waals surface area contributed by atoms with Gasteiger partial charge in [0.2, 0.25) is 17.7 Å². The summed E-state index contributed by atoms with van der Waals surface area (Å²) < 4.78 is 0. The molecule has 152 valence electrons. The van der Waals surface area contributed by atoms with Crippen LogP contribution in [0.2, 0.25) is 0 Å². The molecule has 0 aromatic heterocycles. The molecule has 2 aliphatic rings. The molecule has 1 aromatic rings. The summed E-state index contributed by atoms with van der Waals surface area (Å²) >= 11 is 0. The summed E-state index contributed by atoms with van der Waals surface area (Å²) in [6, 6.07) is 7.83. The van der Waals surface area contributed by atoms with Crippen molar-refractivity contribution >= 4 is 23.4 Å². The fourth-order valence-corrected chi connectivity index (χ4v) is 3.59. The van der Waals surface area contributed by atoms with Crippen molar-refractivity contribution in [3.05, 3.63) is 29.8 Å². The molecule has 1 heterocycles. The molecule has 3 rings (SSSR count). The van der Waals surface area contributed by atoms with Crippen LogP contribution in [0.4, 0.5) is 5.69 Å². The minimum Gasteiger partial charge on any atom is -0.347 e. The van der Waals surface area contributed by atoms with Crippen molar-refractivity contribution in [1.82, 2.24) is 15.1 Å². The summed E-state index contributed by atoms with van der Waals surface area (Å²) in [4.78, 5) is 40.3. The number of para-hydroxylation sites is 1. The van der Waals surface area contributed by atoms with E-state index in [1.165, 1.54) is 0 Å². The molecule has 2 N–H and O–H groups in total. The van der Waals surface area contributed by atoms with Crippen LogP contribution in [0.3, 0.4) is 0 Å². The second kappa shape index (κ2) is 9.19. The topological polar surface area (TPSA) is 81.8 Å². The fourth-order valence-electron chi connectivity index (χ4n) is 3.59. The van der Waals surface area contributed by atoms with Gasteiger partial charge in [0.1, 0.15) is 0 Å². The highest BCUT2D eigenvalue weighted by atomic mass is 16.2. The molecule has 1 aliphatic heterocycles. The van der Waals surface area contributed by atoms with Gasteiger partial charge >= 0.3 is 0 Å². The summed E-state index contributed by atoms with van der Waals surface area (Å²) in [5.74, 6) is 0.424. The SMILES string of the molecule is CCc1ccccc1NC(=O)CN1CCN(C(=O)CNC(=O)[C@@H]2C[C@@H]2C)CC1. The Morgan fingerprint density at radius 3 is 2.43 bits per heavy atom. The number of rotatable bonds is 7. The number of aryl methyl sites for hydroxylation is 1. The summed E-state index contributed by atoms with van der Waals surface area (Å²) in [5, 5.41) is 5.73. The van der Waals surface area contributed by atoms with E-state index in [1.54, 1.807) is 4.90 Å². The van der Waals surface area contributed by atoms with E-state index in [0.717, 1.165) is 24.1 Å². The molecule has 0 spiro atoms. The molecule has 0 bridgehead atoms. The monoisotopic (exact) mass is 386 g/mol. The quantitative estimate of drug-likeness (QED) is 0.735. The van der Waals surface area contributed by atoms with Crippen LogP contribution in [0.25, 0.3) is 0 Å². The van der Waals surface area contributed by atoms with E-state index < -0.39 is 0 Å². The second-order valence-electron chi connectivity index (χ2n) is 7.75. The molecule has 1 aliphatic carbocycles. The Hall–Kier alpha value is -2.41. The average Bonchev–Trinajstić information content (AvgIpc) is 3.43. The van der Waals surface area contributed by atoms with Crippen LogP contribution in [0.5, 0.6) is 0 Å². The highest BCUT2D eigenvalue weighted by Crippen LogP contribution is 2.37. The van der Waals surface area contributed by atoms with Crippen molar-refractivity contribution in [1.29, 1.82) is 0 Å². The molecule has 3 amide bonds. The van der Waals surface area contributed by atoms with Gasteiger partial charge in [-0.05, 0) is 30.4 Å². The van der Waals surface area contributed by atoms with Gasteiger partial charge in [-0.1, -0.05) is 32.0 Å². The summed E-state index contributed by atoms with van der Waals surface area (Å²) in [6.45, 7) is 6.95. The van der Waals surface area contributed by atoms with Crippen molar-refractivity contribution < 1.29 is 14.4 Å². The number of carbonyl (C=O) groups is 3. The van der Waals surface area contributed by atoms with Gasteiger partial charge < -0.3 is 15.5 Å². The predicted molar refractivity (Wildman–Crippen MR) is 108 cm³/mol. The summed E-state index contributed by atoms with van der Waals surface area (Å²) in [5.41, 5.74) is 1.98. The normalized spacial score (nSPS) is 21.9. The van der Waals surface area contributed by atoms with Gasteiger partial charge in [0.25, 0.3) is 0 Å². The van der Waals surface area contributed by atoms with Gasteiger partial charge in [-0.2, -0.15) is 0 Å². The standard InChI is InChI=1S/C21H30N4O3/c1-3-16-6-4-5-7-18(16)23-19(26)14-24-8-10-25(11-9-24)20(27)13-22-21(28)17-12-15(17)2/h4-7,15,17H,3,8-14H2,1-2H3,(H,22,28)(H,23,26)/t15-,17+/m0/s1. The number of hydrogen-bond donors (Lipinski definition) is 2. The Kier molecular flexibility index (Phi) is 6.67. The van der Waals surface area contributed by atoms with E-state index in [1.807, 2.05) is 31.2 Å². The second-order valence-corrected chi connectivity index (χ2v) is 7.75. The Bertz CT molecular complexity index is 728. The van der Waals surface area contributed by atoms with Crippen LogP contribution >= 0.6 is 0 Å². The molecule has 28 heavy (non-hydrogen) atoms. The number of hydrogen-bond acceptors (Lipinski definition) is 4. The Morgan fingerprint density at radius 2 is 1.79 bits per heavy atom. The first-order chi connectivity index (χ1) is 13.5. The molecule has 0 unspecified atom stereocenters. The lowest BCUT2D eigenvalue weighted by Crippen LogP contribution is -2.52. The Balaban J connectivity index is 1.38. The average molecular weight is 386 g/mol. The zero-order valence-electron chi connectivity index (χ0n) is 16.7. The van der Waals surface area contributed by atoms with Crippen molar-refractivity contribution in [3.8, 4) is 0 Å². The first-order valence-electron chi connectivity index (χ1n) is 10.1. The minimum atomic E-state index is -0.0531. The Labute approximate surface area is 166 Å². The van der Waals surface area contributed by atoms with E-state index in [9.17, 15) is 14.4 Å². The van der Waals surface area contributed by atoms with E-state index in [2.05, 4.69) is 22.5 Å². The van der Waals surface area contributed by atoms with Crippen LogP contribution in [0, 0.1) is 11.8 Å². The number of benzene rings is 1. The summed E-state index contributed by atoms with van der Waals surface area (Å²) in [6.07, 6.45) is 1.79. The lowest BCUT2D eigenvalue weighted by molar-refractivity contribution is -0.134. The molecule has 1 saturated heterocycles. The number of nitrogens with one attached hydrogen (secondary N) is 2. The smallest absolute Gasteiger partial charge is 0.242 e. The third kappa shape index (κ3) is 5.32. The number of amides is 3. The van der Waals surface area contributed by atoms with Crippen LogP contribution in [-0.2, 0) is 20.8 Å². The zero-order chi connectivity index (χ0) is 20.1. The summed E-state index contributed by atoms with van der Waals surface area (Å²) in [7, 11) is 0. The van der Waals surface area contributed by atoms with Gasteiger partial charge in [-0.25, -0.2) is 0 Å². The van der Waals surface area contributed by atoms with E-state index >= 15 is 0 Å². The molecule has 7 nitrogen and oxygen atoms in total. The number of carbonyl (C=O) groups excluding carboxylic acids is 3. The van der Waals surface area contributed by atoms with E-state index in [4.69, 9.17) is 0 Å². The highest BCUT2D eigenvalue weighted by molar-refractivity contribution is 5.93. The van der Waals surface area contributed by atoms with Crippen molar-refractivity contribution in [2.45, 2.75) is 26.7 Å². The van der Waals surface area contributed by atoms with Gasteiger partial charge in [-0.15, -0.1) is 0 Å². The molecule has 1 saturated carbocycles. The Morgan fingerprint density at radius 1 is 1.11 bits per heavy atom. The van der Waals surface area contributed by atoms with Gasteiger partial charge in [0, 0.05) is 37.8 Å². The highest BCUT2D eigenvalue weighted by Gasteiger charge is 2.39. The van der Waals surface area contributed by atoms with Crippen molar-refractivity contribution in [2.24, 2.45) is 11.8 Å². The maximum atomic E-state index is 12.4. The molecule has 1 aromatic carbocycles. The van der Waals surface area contributed by atoms with E-state index in [0.29, 0.717) is 38.6 Å². The number of anilines is 1. The van der Waals surface area contributed by atoms with Crippen LogP contribution in [0.1, 0.15) is 25.8 Å².